The summed E-state index contributed by atoms with van der Waals surface area (Å²) in [5, 5.41) is 5.66. The van der Waals surface area contributed by atoms with E-state index in [1.807, 2.05) is 0 Å². The molecule has 0 spiro atoms. The zero-order valence-electron chi connectivity index (χ0n) is 11.8. The number of hydrogen-bond acceptors (Lipinski definition) is 6. The Kier molecular flexibility index (Phi) is 10.1. The number of hydrogen-bond donors (Lipinski definition) is 2. The monoisotopic (exact) mass is 347 g/mol. The van der Waals surface area contributed by atoms with E-state index in [1.54, 1.807) is 0 Å². The van der Waals surface area contributed by atoms with Crippen LogP contribution in [0, 0.1) is 0 Å². The predicted molar refractivity (Wildman–Crippen MR) is 73.7 cm³/mol. The molecule has 0 fully saturated rings. The summed E-state index contributed by atoms with van der Waals surface area (Å²) in [6.07, 6.45) is -0.921. The molecule has 0 aliphatic carbocycles. The minimum Gasteiger partial charge on any atom is -0.335 e. The van der Waals surface area contributed by atoms with Crippen molar-refractivity contribution in [3.8, 4) is 0 Å². The fourth-order valence-electron chi connectivity index (χ4n) is 1.09. The molecular weight excluding hydrogens is 331 g/mol. The fraction of sp³-hybridized carbons (Fsp3) is 0.400. The Morgan fingerprint density at radius 3 is 1.48 bits per heavy atom. The largest absolute Gasteiger partial charge is 1.00 e. The van der Waals surface area contributed by atoms with Crippen LogP contribution in [0.2, 0.25) is 0 Å². The molecule has 0 saturated carbocycles. The van der Waals surface area contributed by atoms with Crippen LogP contribution in [0.15, 0.2) is 24.0 Å². The molecular formula is C10H16N2NaO6S2+. The Morgan fingerprint density at radius 1 is 0.952 bits per heavy atom. The van der Waals surface area contributed by atoms with Crippen LogP contribution in [-0.4, -0.2) is 46.3 Å². The van der Waals surface area contributed by atoms with E-state index in [2.05, 4.69) is 23.8 Å². The van der Waals surface area contributed by atoms with Gasteiger partial charge in [-0.05, 0) is 6.92 Å². The van der Waals surface area contributed by atoms with Gasteiger partial charge in [-0.3, -0.25) is 9.59 Å². The van der Waals surface area contributed by atoms with Crippen molar-refractivity contribution in [1.29, 1.82) is 0 Å². The van der Waals surface area contributed by atoms with Crippen molar-refractivity contribution in [3.05, 3.63) is 24.0 Å². The van der Waals surface area contributed by atoms with Gasteiger partial charge in [0, 0.05) is 10.8 Å². The Bertz CT molecular complexity index is 557. The van der Waals surface area contributed by atoms with Crippen LogP contribution in [-0.2, 0) is 29.3 Å². The molecule has 0 aromatic rings. The molecule has 0 saturated heterocycles. The fourth-order valence-corrected chi connectivity index (χ4v) is 2.22. The summed E-state index contributed by atoms with van der Waals surface area (Å²) in [4.78, 5) is 22.7. The number of carbonyl (C=O) groups excluding carboxylic acids is 2. The van der Waals surface area contributed by atoms with Gasteiger partial charge >= 0.3 is 29.6 Å². The third kappa shape index (κ3) is 10.7. The second-order valence-electron chi connectivity index (χ2n) is 3.80. The van der Waals surface area contributed by atoms with Gasteiger partial charge in [-0.2, -0.15) is 0 Å². The first-order chi connectivity index (χ1) is 9.01. The van der Waals surface area contributed by atoms with Crippen LogP contribution >= 0.6 is 0 Å². The zero-order valence-corrected chi connectivity index (χ0v) is 15.5. The van der Waals surface area contributed by atoms with Gasteiger partial charge in [0.25, 0.3) is 0 Å². The maximum Gasteiger partial charge on any atom is 1.00 e. The van der Waals surface area contributed by atoms with E-state index in [0.717, 1.165) is 0 Å². The van der Waals surface area contributed by atoms with Crippen LogP contribution in [0.1, 0.15) is 6.92 Å². The molecule has 11 heteroatoms. The van der Waals surface area contributed by atoms with Gasteiger partial charge in [0.15, 0.2) is 19.7 Å². The minimum atomic E-state index is -3.70. The Morgan fingerprint density at radius 2 is 1.24 bits per heavy atom. The van der Waals surface area contributed by atoms with E-state index in [1.165, 1.54) is 6.92 Å². The molecule has 0 aliphatic heterocycles. The normalized spacial score (nSPS) is 11.1. The molecule has 8 nitrogen and oxygen atoms in total. The number of rotatable bonds is 8. The number of carbonyl (C=O) groups is 2. The van der Waals surface area contributed by atoms with Crippen LogP contribution in [0.25, 0.3) is 0 Å². The van der Waals surface area contributed by atoms with Gasteiger partial charge in [-0.25, -0.2) is 16.8 Å². The van der Waals surface area contributed by atoms with Crippen molar-refractivity contribution in [3.63, 3.8) is 0 Å². The number of amides is 2. The van der Waals surface area contributed by atoms with Gasteiger partial charge in [-0.1, -0.05) is 13.2 Å². The van der Waals surface area contributed by atoms with Gasteiger partial charge in [-0.15, -0.1) is 0 Å². The standard InChI is InChI=1S/C10H16N2O6S2.Na/c1-4-19(15,16)6-9(13)11-8(3)12-10(14)7-20(17,18)5-2;/h4-5,8H,1-2,6-7H2,3H3,(H,11,13)(H,12,14);/q;+1. The zero-order chi connectivity index (χ0) is 16.0. The molecule has 0 atom stereocenters. The van der Waals surface area contributed by atoms with E-state index in [4.69, 9.17) is 0 Å². The maximum atomic E-state index is 11.3. The van der Waals surface area contributed by atoms with Crippen molar-refractivity contribution in [2.45, 2.75) is 13.1 Å². The third-order valence-corrected chi connectivity index (χ3v) is 4.27. The van der Waals surface area contributed by atoms with E-state index >= 15 is 0 Å². The van der Waals surface area contributed by atoms with E-state index < -0.39 is 49.2 Å². The summed E-state index contributed by atoms with van der Waals surface area (Å²) in [6.45, 7) is 7.46. The Hall–Kier alpha value is -0.680. The molecule has 0 unspecified atom stereocenters. The van der Waals surface area contributed by atoms with Gasteiger partial charge in [0.1, 0.15) is 11.5 Å². The SMILES string of the molecule is C=CS(=O)(=O)CC(=O)NC(C)NC(=O)CS(=O)(=O)C=C.[Na+]. The van der Waals surface area contributed by atoms with Crippen LogP contribution in [0.3, 0.4) is 0 Å². The van der Waals surface area contributed by atoms with Crippen LogP contribution in [0.5, 0.6) is 0 Å². The van der Waals surface area contributed by atoms with Crippen LogP contribution in [0.4, 0.5) is 0 Å². The van der Waals surface area contributed by atoms with E-state index in [9.17, 15) is 26.4 Å². The van der Waals surface area contributed by atoms with Crippen LogP contribution < -0.4 is 40.2 Å². The average Bonchev–Trinajstić information content (AvgIpc) is 2.26. The second kappa shape index (κ2) is 9.36. The third-order valence-electron chi connectivity index (χ3n) is 1.93. The summed E-state index contributed by atoms with van der Waals surface area (Å²) in [5.41, 5.74) is 0. The first-order valence-corrected chi connectivity index (χ1v) is 8.73. The maximum absolute atomic E-state index is 11.3. The molecule has 0 bridgehead atoms. The summed E-state index contributed by atoms with van der Waals surface area (Å²) in [6, 6.07) is 0. The minimum absolute atomic E-state index is 0. The first-order valence-electron chi connectivity index (χ1n) is 5.30. The average molecular weight is 347 g/mol. The molecule has 0 aliphatic rings. The summed E-state index contributed by atoms with van der Waals surface area (Å²) in [7, 11) is -7.39. The topological polar surface area (TPSA) is 126 Å². The summed E-state index contributed by atoms with van der Waals surface area (Å²) >= 11 is 0. The molecule has 0 aromatic heterocycles. The van der Waals surface area contributed by atoms with Crippen molar-refractivity contribution in [2.24, 2.45) is 0 Å². The molecule has 114 valence electrons. The molecule has 0 heterocycles. The van der Waals surface area contributed by atoms with Gasteiger partial charge in [0.05, 0.1) is 6.17 Å². The number of nitrogens with one attached hydrogen (secondary N) is 2. The van der Waals surface area contributed by atoms with E-state index in [0.29, 0.717) is 10.8 Å². The van der Waals surface area contributed by atoms with Crippen molar-refractivity contribution < 1.29 is 56.0 Å². The Balaban J connectivity index is 0. The second-order valence-corrected chi connectivity index (χ2v) is 7.70. The molecule has 0 radical (unpaired) electrons. The van der Waals surface area contributed by atoms with E-state index in [-0.39, 0.29) is 29.6 Å². The van der Waals surface area contributed by atoms with Crippen molar-refractivity contribution in [2.75, 3.05) is 11.5 Å². The molecule has 0 aromatic carbocycles. The van der Waals surface area contributed by atoms with Crippen molar-refractivity contribution in [1.82, 2.24) is 10.6 Å². The number of sulfone groups is 2. The quantitative estimate of drug-likeness (QED) is 0.338. The Labute approximate surface area is 146 Å². The van der Waals surface area contributed by atoms with Gasteiger partial charge in [0.2, 0.25) is 11.8 Å². The van der Waals surface area contributed by atoms with Gasteiger partial charge < -0.3 is 10.6 Å². The summed E-state index contributed by atoms with van der Waals surface area (Å²) in [5.74, 6) is -3.29. The molecule has 2 N–H and O–H groups in total. The smallest absolute Gasteiger partial charge is 0.335 e. The summed E-state index contributed by atoms with van der Waals surface area (Å²) < 4.78 is 44.3. The van der Waals surface area contributed by atoms with Crippen molar-refractivity contribution >= 4 is 31.5 Å². The predicted octanol–water partition coefficient (Wildman–Crippen LogP) is -4.31. The molecule has 0 rings (SSSR count). The first kappa shape index (κ1) is 22.6. The molecule has 21 heavy (non-hydrogen) atoms. The molecule has 2 amide bonds.